The molecule has 1 aliphatic carbocycles. The average molecular weight is 489 g/mol. The van der Waals surface area contributed by atoms with Crippen molar-refractivity contribution in [1.29, 1.82) is 0 Å². The van der Waals surface area contributed by atoms with Crippen LogP contribution in [0.3, 0.4) is 0 Å². The molecule has 1 amide bonds. The van der Waals surface area contributed by atoms with Crippen LogP contribution in [0.25, 0.3) is 0 Å². The Hall–Kier alpha value is -3.52. The summed E-state index contributed by atoms with van der Waals surface area (Å²) in [6, 6.07) is 18.1. The van der Waals surface area contributed by atoms with Gasteiger partial charge in [-0.1, -0.05) is 73.0 Å². The van der Waals surface area contributed by atoms with Gasteiger partial charge in [0.1, 0.15) is 12.3 Å². The van der Waals surface area contributed by atoms with Crippen molar-refractivity contribution < 1.29 is 19.4 Å². The molecule has 2 aliphatic rings. The minimum absolute atomic E-state index is 0.0199. The van der Waals surface area contributed by atoms with E-state index in [0.29, 0.717) is 24.2 Å². The van der Waals surface area contributed by atoms with Gasteiger partial charge < -0.3 is 14.7 Å². The van der Waals surface area contributed by atoms with Crippen LogP contribution in [0, 0.1) is 5.92 Å². The molecular weight excluding hydrogens is 456 g/mol. The van der Waals surface area contributed by atoms with E-state index in [2.05, 4.69) is 10.3 Å². The number of hydrogen-bond donors (Lipinski definition) is 1. The maximum absolute atomic E-state index is 13.7. The number of aliphatic hydroxyl groups excluding tert-OH is 1. The molecule has 0 bridgehead atoms. The summed E-state index contributed by atoms with van der Waals surface area (Å²) in [6.45, 7) is 0.330. The first-order valence-corrected chi connectivity index (χ1v) is 12.8. The summed E-state index contributed by atoms with van der Waals surface area (Å²) >= 11 is 0. The molecule has 36 heavy (non-hydrogen) atoms. The van der Waals surface area contributed by atoms with E-state index in [9.17, 15) is 14.7 Å². The van der Waals surface area contributed by atoms with Crippen LogP contribution >= 0.6 is 0 Å². The molecule has 1 saturated heterocycles. The molecule has 1 aliphatic heterocycles. The number of piperidine rings is 1. The van der Waals surface area contributed by atoms with Crippen molar-refractivity contribution in [3.63, 3.8) is 0 Å². The molecule has 0 spiro atoms. The van der Waals surface area contributed by atoms with Crippen LogP contribution in [-0.2, 0) is 16.1 Å². The lowest BCUT2D eigenvalue weighted by atomic mass is 9.85. The fraction of sp³-hybridized carbons (Fsp3) is 0.429. The van der Waals surface area contributed by atoms with Crippen LogP contribution in [0.5, 0.6) is 0 Å². The molecule has 5 rings (SSSR count). The zero-order valence-corrected chi connectivity index (χ0v) is 20.3. The number of rotatable bonds is 6. The van der Waals surface area contributed by atoms with Gasteiger partial charge in [-0.2, -0.15) is 0 Å². The predicted molar refractivity (Wildman–Crippen MR) is 133 cm³/mol. The third kappa shape index (κ3) is 5.33. The zero-order chi connectivity index (χ0) is 24.9. The van der Waals surface area contributed by atoms with E-state index >= 15 is 0 Å². The highest BCUT2D eigenvalue weighted by molar-refractivity contribution is 5.89. The number of carbonyl (C=O) groups is 2. The number of esters is 1. The molecule has 8 nitrogen and oxygen atoms in total. The molecule has 8 heteroatoms. The lowest BCUT2D eigenvalue weighted by Crippen LogP contribution is -2.50. The summed E-state index contributed by atoms with van der Waals surface area (Å²) in [7, 11) is 0. The maximum Gasteiger partial charge on any atom is 0.338 e. The number of carbonyl (C=O) groups excluding carboxylic acids is 2. The highest BCUT2D eigenvalue weighted by Crippen LogP contribution is 2.38. The molecule has 2 heterocycles. The Morgan fingerprint density at radius 2 is 1.67 bits per heavy atom. The van der Waals surface area contributed by atoms with Gasteiger partial charge in [-0.05, 0) is 30.5 Å². The summed E-state index contributed by atoms with van der Waals surface area (Å²) in [5, 5.41) is 19.5. The Morgan fingerprint density at radius 1 is 0.972 bits per heavy atom. The van der Waals surface area contributed by atoms with Crippen molar-refractivity contribution in [3.8, 4) is 0 Å². The molecule has 1 saturated carbocycles. The number of nitrogens with zero attached hydrogens (tertiary/aromatic N) is 4. The van der Waals surface area contributed by atoms with Crippen molar-refractivity contribution in [2.75, 3.05) is 6.54 Å². The van der Waals surface area contributed by atoms with Gasteiger partial charge in [-0.3, -0.25) is 4.79 Å². The minimum atomic E-state index is -0.702. The summed E-state index contributed by atoms with van der Waals surface area (Å²) in [6.07, 6.45) is 6.61. The molecule has 0 radical (unpaired) electrons. The fourth-order valence-electron chi connectivity index (χ4n) is 5.38. The van der Waals surface area contributed by atoms with Gasteiger partial charge in [0.15, 0.2) is 0 Å². The molecule has 0 unspecified atom stereocenters. The van der Waals surface area contributed by atoms with Gasteiger partial charge in [-0.15, -0.1) is 5.10 Å². The maximum atomic E-state index is 13.7. The normalized spacial score (nSPS) is 22.8. The van der Waals surface area contributed by atoms with Gasteiger partial charge in [0.2, 0.25) is 5.91 Å². The van der Waals surface area contributed by atoms with Gasteiger partial charge in [0.05, 0.1) is 29.9 Å². The second-order valence-electron chi connectivity index (χ2n) is 9.75. The van der Waals surface area contributed by atoms with E-state index in [1.165, 1.54) is 6.42 Å². The quantitative estimate of drug-likeness (QED) is 0.525. The number of likely N-dealkylation sites (tertiary alicyclic amines) is 1. The SMILES string of the molecule is O=C(OCc1cn([C@@H]2CN(C(=O)C3CCCCC3)[C@@H](c3ccccc3)C[C@H]2O)nn1)c1ccccc1. The second kappa shape index (κ2) is 11.0. The van der Waals surface area contributed by atoms with E-state index < -0.39 is 18.1 Å². The van der Waals surface area contributed by atoms with Crippen LogP contribution in [-0.4, -0.2) is 49.5 Å². The molecule has 3 atom stereocenters. The highest BCUT2D eigenvalue weighted by Gasteiger charge is 2.41. The highest BCUT2D eigenvalue weighted by atomic mass is 16.5. The van der Waals surface area contributed by atoms with E-state index in [1.54, 1.807) is 35.1 Å². The molecule has 1 N–H and O–H groups in total. The van der Waals surface area contributed by atoms with Crippen molar-refractivity contribution in [3.05, 3.63) is 83.7 Å². The monoisotopic (exact) mass is 488 g/mol. The Labute approximate surface area is 210 Å². The van der Waals surface area contributed by atoms with Crippen molar-refractivity contribution >= 4 is 11.9 Å². The fourth-order valence-corrected chi connectivity index (χ4v) is 5.38. The predicted octanol–water partition coefficient (Wildman–Crippen LogP) is 4.09. The van der Waals surface area contributed by atoms with Crippen LogP contribution in [0.15, 0.2) is 66.9 Å². The van der Waals surface area contributed by atoms with Crippen molar-refractivity contribution in [2.24, 2.45) is 5.92 Å². The van der Waals surface area contributed by atoms with E-state index in [-0.39, 0.29) is 24.5 Å². The van der Waals surface area contributed by atoms with Crippen molar-refractivity contribution in [1.82, 2.24) is 19.9 Å². The molecule has 2 aromatic carbocycles. The second-order valence-corrected chi connectivity index (χ2v) is 9.75. The first kappa shape index (κ1) is 24.2. The molecular formula is C28H32N4O4. The number of aliphatic hydroxyl groups is 1. The first-order chi connectivity index (χ1) is 17.6. The first-order valence-electron chi connectivity index (χ1n) is 12.8. The number of aromatic nitrogens is 3. The molecule has 2 fully saturated rings. The Kier molecular flexibility index (Phi) is 7.41. The topological polar surface area (TPSA) is 97.5 Å². The molecule has 3 aromatic rings. The largest absolute Gasteiger partial charge is 0.455 e. The molecule has 188 valence electrons. The number of amides is 1. The lowest BCUT2D eigenvalue weighted by molar-refractivity contribution is -0.144. The van der Waals surface area contributed by atoms with E-state index in [4.69, 9.17) is 4.74 Å². The summed E-state index contributed by atoms with van der Waals surface area (Å²) < 4.78 is 6.98. The summed E-state index contributed by atoms with van der Waals surface area (Å²) in [5.74, 6) is -0.236. The van der Waals surface area contributed by atoms with Crippen LogP contribution in [0.2, 0.25) is 0 Å². The van der Waals surface area contributed by atoms with Crippen molar-refractivity contribution in [2.45, 2.75) is 63.3 Å². The van der Waals surface area contributed by atoms with Gasteiger partial charge >= 0.3 is 5.97 Å². The van der Waals surface area contributed by atoms with Crippen LogP contribution in [0.1, 0.15) is 72.2 Å². The zero-order valence-electron chi connectivity index (χ0n) is 20.3. The third-order valence-electron chi connectivity index (χ3n) is 7.35. The van der Waals surface area contributed by atoms with Crippen LogP contribution in [0.4, 0.5) is 0 Å². The average Bonchev–Trinajstić information content (AvgIpc) is 3.41. The van der Waals surface area contributed by atoms with E-state index in [0.717, 1.165) is 31.2 Å². The molecule has 1 aromatic heterocycles. The van der Waals surface area contributed by atoms with Gasteiger partial charge in [0, 0.05) is 18.9 Å². The summed E-state index contributed by atoms with van der Waals surface area (Å²) in [4.78, 5) is 27.9. The van der Waals surface area contributed by atoms with E-state index in [1.807, 2.05) is 41.3 Å². The third-order valence-corrected chi connectivity index (χ3v) is 7.35. The van der Waals surface area contributed by atoms with Gasteiger partial charge in [0.25, 0.3) is 0 Å². The lowest BCUT2D eigenvalue weighted by Gasteiger charge is -2.44. The summed E-state index contributed by atoms with van der Waals surface area (Å²) in [5.41, 5.74) is 1.99. The Morgan fingerprint density at radius 3 is 2.39 bits per heavy atom. The standard InChI is InChI=1S/C28H32N4O4/c33-26-16-24(20-10-4-1-5-11-20)31(27(34)21-12-6-2-7-13-21)18-25(26)32-17-23(29-30-32)19-36-28(35)22-14-8-3-9-15-22/h1,3-5,8-11,14-15,17,21,24-26,33H,2,6-7,12-13,16,18-19H2/t24-,25-,26-/m1/s1. The van der Waals surface area contributed by atoms with Crippen LogP contribution < -0.4 is 0 Å². The number of ether oxygens (including phenoxy) is 1. The smallest absolute Gasteiger partial charge is 0.338 e. The Balaban J connectivity index is 1.31. The number of benzene rings is 2. The van der Waals surface area contributed by atoms with Gasteiger partial charge in [-0.25, -0.2) is 9.48 Å². The Bertz CT molecular complexity index is 1160. The minimum Gasteiger partial charge on any atom is -0.455 e. The number of hydrogen-bond acceptors (Lipinski definition) is 6.